The molecule has 7 nitrogen and oxygen atoms in total. The molecular weight excluding hydrogens is 464 g/mol. The Hall–Kier alpha value is -2.36. The normalized spacial score (nSPS) is 18.3. The van der Waals surface area contributed by atoms with Crippen molar-refractivity contribution in [3.05, 3.63) is 40.3 Å². The number of nitrogens with one attached hydrogen (secondary N) is 2. The SMILES string of the molecule is CC(C)n1cc(S(=O)(=O)N[C@H](C)C(F)(F)F)c(Cl)c1C(=O)NC1=CCC(F)C(C#N)=C1. The van der Waals surface area contributed by atoms with E-state index in [1.807, 2.05) is 0 Å². The Morgan fingerprint density at radius 3 is 2.48 bits per heavy atom. The Kier molecular flexibility index (Phi) is 7.24. The van der Waals surface area contributed by atoms with Gasteiger partial charge in [-0.3, -0.25) is 4.79 Å². The number of rotatable bonds is 6. The van der Waals surface area contributed by atoms with Crippen molar-refractivity contribution in [3.63, 3.8) is 0 Å². The highest BCUT2D eigenvalue weighted by Crippen LogP contribution is 2.32. The van der Waals surface area contributed by atoms with Crippen molar-refractivity contribution in [2.75, 3.05) is 0 Å². The van der Waals surface area contributed by atoms with Crippen molar-refractivity contribution in [1.82, 2.24) is 14.6 Å². The van der Waals surface area contributed by atoms with E-state index in [9.17, 15) is 30.8 Å². The molecule has 1 aromatic heterocycles. The number of carbonyl (C=O) groups excluding carboxylic acids is 1. The quantitative estimate of drug-likeness (QED) is 0.602. The van der Waals surface area contributed by atoms with E-state index in [1.54, 1.807) is 19.9 Å². The van der Waals surface area contributed by atoms with E-state index in [0.717, 1.165) is 12.3 Å². The van der Waals surface area contributed by atoms with Gasteiger partial charge in [0.1, 0.15) is 22.8 Å². The number of hydrogen-bond acceptors (Lipinski definition) is 4. The third-order valence-electron chi connectivity index (χ3n) is 4.40. The van der Waals surface area contributed by atoms with Gasteiger partial charge in [0, 0.05) is 24.4 Å². The van der Waals surface area contributed by atoms with Crippen LogP contribution in [0.3, 0.4) is 0 Å². The van der Waals surface area contributed by atoms with Crippen LogP contribution in [0.1, 0.15) is 43.7 Å². The molecule has 1 aliphatic carbocycles. The lowest BCUT2D eigenvalue weighted by molar-refractivity contribution is -0.147. The maximum atomic E-state index is 13.6. The standard InChI is InChI=1S/C18H19ClF4N4O3S/c1-9(2)27-8-14(31(29,30)26-10(3)18(21,22)23)15(19)16(27)17(28)25-12-4-5-13(20)11(6-12)7-24/h4,6,8-10,13,26H,5H2,1-3H3,(H,25,28)/t10-,13?/m1/s1. The third kappa shape index (κ3) is 5.47. The van der Waals surface area contributed by atoms with E-state index >= 15 is 0 Å². The number of carbonyl (C=O) groups is 1. The first-order valence-corrected chi connectivity index (χ1v) is 10.8. The topological polar surface area (TPSA) is 104 Å². The first-order chi connectivity index (χ1) is 14.2. The molecule has 0 saturated heterocycles. The lowest BCUT2D eigenvalue weighted by Crippen LogP contribution is -2.42. The van der Waals surface area contributed by atoms with Crippen LogP contribution in [0, 0.1) is 11.3 Å². The second kappa shape index (κ2) is 9.02. The van der Waals surface area contributed by atoms with Crippen molar-refractivity contribution < 1.29 is 30.8 Å². The summed E-state index contributed by atoms with van der Waals surface area (Å²) in [6.07, 6.45) is -3.04. The number of halogens is 5. The molecule has 0 aliphatic heterocycles. The van der Waals surface area contributed by atoms with Crippen LogP contribution in [-0.2, 0) is 10.0 Å². The second-order valence-corrected chi connectivity index (χ2v) is 9.13. The molecular formula is C18H19ClF4N4O3S. The lowest BCUT2D eigenvalue weighted by atomic mass is 10.0. The summed E-state index contributed by atoms with van der Waals surface area (Å²) in [7, 11) is -4.72. The fourth-order valence-electron chi connectivity index (χ4n) is 2.71. The van der Waals surface area contributed by atoms with E-state index in [1.165, 1.54) is 15.4 Å². The predicted octanol–water partition coefficient (Wildman–Crippen LogP) is 3.76. The van der Waals surface area contributed by atoms with Gasteiger partial charge in [-0.2, -0.15) is 23.2 Å². The number of alkyl halides is 4. The molecule has 0 saturated carbocycles. The largest absolute Gasteiger partial charge is 0.404 e. The molecule has 1 amide bonds. The number of amides is 1. The molecule has 170 valence electrons. The van der Waals surface area contributed by atoms with Gasteiger partial charge in [0.25, 0.3) is 5.91 Å². The zero-order valence-corrected chi connectivity index (χ0v) is 18.2. The van der Waals surface area contributed by atoms with E-state index in [-0.39, 0.29) is 23.4 Å². The molecule has 1 heterocycles. The highest BCUT2D eigenvalue weighted by atomic mass is 35.5. The van der Waals surface area contributed by atoms with E-state index < -0.39 is 50.3 Å². The minimum absolute atomic E-state index is 0.108. The van der Waals surface area contributed by atoms with Gasteiger partial charge in [-0.25, -0.2) is 12.8 Å². The Morgan fingerprint density at radius 1 is 1.35 bits per heavy atom. The van der Waals surface area contributed by atoms with E-state index in [2.05, 4.69) is 5.32 Å². The van der Waals surface area contributed by atoms with Gasteiger partial charge in [0.15, 0.2) is 0 Å². The van der Waals surface area contributed by atoms with E-state index in [0.29, 0.717) is 6.92 Å². The van der Waals surface area contributed by atoms with Crippen molar-refractivity contribution in [3.8, 4) is 6.07 Å². The van der Waals surface area contributed by atoms with Gasteiger partial charge < -0.3 is 9.88 Å². The summed E-state index contributed by atoms with van der Waals surface area (Å²) in [5.74, 6) is -0.874. The molecule has 2 rings (SSSR count). The number of nitrogens with zero attached hydrogens (tertiary/aromatic N) is 2. The lowest BCUT2D eigenvalue weighted by Gasteiger charge is -2.17. The van der Waals surface area contributed by atoms with Crippen LogP contribution in [0.4, 0.5) is 17.6 Å². The molecule has 0 fully saturated rings. The van der Waals surface area contributed by atoms with Gasteiger partial charge in [0.05, 0.1) is 16.7 Å². The summed E-state index contributed by atoms with van der Waals surface area (Å²) >= 11 is 6.12. The Labute approximate surface area is 181 Å². The first-order valence-electron chi connectivity index (χ1n) is 8.95. The minimum Gasteiger partial charge on any atom is -0.338 e. The van der Waals surface area contributed by atoms with Gasteiger partial charge in [0.2, 0.25) is 10.0 Å². The average molecular weight is 483 g/mol. The van der Waals surface area contributed by atoms with Gasteiger partial charge in [-0.05, 0) is 26.8 Å². The summed E-state index contributed by atoms with van der Waals surface area (Å²) in [6, 6.07) is -1.19. The summed E-state index contributed by atoms with van der Waals surface area (Å²) in [6.45, 7) is 3.85. The van der Waals surface area contributed by atoms with E-state index in [4.69, 9.17) is 16.9 Å². The Bertz CT molecular complexity index is 1080. The summed E-state index contributed by atoms with van der Waals surface area (Å²) < 4.78 is 79.7. The van der Waals surface area contributed by atoms with Crippen molar-refractivity contribution in [1.29, 1.82) is 5.26 Å². The zero-order chi connectivity index (χ0) is 23.7. The number of aromatic nitrogens is 1. The number of sulfonamides is 1. The third-order valence-corrected chi connectivity index (χ3v) is 6.45. The van der Waals surface area contributed by atoms with Crippen LogP contribution >= 0.6 is 11.6 Å². The van der Waals surface area contributed by atoms with Gasteiger partial charge >= 0.3 is 6.18 Å². The zero-order valence-electron chi connectivity index (χ0n) is 16.6. The monoisotopic (exact) mass is 482 g/mol. The molecule has 0 radical (unpaired) electrons. The molecule has 1 aliphatic rings. The fraction of sp³-hybridized carbons (Fsp3) is 0.444. The molecule has 2 N–H and O–H groups in total. The maximum absolute atomic E-state index is 13.6. The van der Waals surface area contributed by atoms with Crippen molar-refractivity contribution in [2.45, 2.75) is 56.5 Å². The van der Waals surface area contributed by atoms with Gasteiger partial charge in [-0.1, -0.05) is 17.7 Å². The molecule has 0 bridgehead atoms. The first kappa shape index (κ1) is 24.9. The maximum Gasteiger partial charge on any atom is 0.404 e. The molecule has 0 aromatic carbocycles. The van der Waals surface area contributed by atoms with Crippen LogP contribution in [0.2, 0.25) is 5.02 Å². The Morgan fingerprint density at radius 2 is 1.97 bits per heavy atom. The average Bonchev–Trinajstić information content (AvgIpc) is 3.00. The number of nitriles is 1. The summed E-state index contributed by atoms with van der Waals surface area (Å²) in [5, 5.41) is 10.8. The molecule has 13 heteroatoms. The van der Waals surface area contributed by atoms with Crippen LogP contribution < -0.4 is 10.0 Å². The molecule has 2 atom stereocenters. The highest BCUT2D eigenvalue weighted by molar-refractivity contribution is 7.89. The molecule has 1 aromatic rings. The minimum atomic E-state index is -4.83. The highest BCUT2D eigenvalue weighted by Gasteiger charge is 2.40. The number of hydrogen-bond donors (Lipinski definition) is 2. The van der Waals surface area contributed by atoms with Crippen molar-refractivity contribution >= 4 is 27.5 Å². The predicted molar refractivity (Wildman–Crippen MR) is 104 cm³/mol. The molecule has 1 unspecified atom stereocenters. The summed E-state index contributed by atoms with van der Waals surface area (Å²) in [5.41, 5.74) is -0.403. The van der Waals surface area contributed by atoms with Crippen LogP contribution in [0.15, 0.2) is 34.5 Å². The second-order valence-electron chi connectivity index (χ2n) is 7.07. The van der Waals surface area contributed by atoms with Crippen LogP contribution in [-0.4, -0.2) is 37.3 Å². The van der Waals surface area contributed by atoms with Gasteiger partial charge in [-0.15, -0.1) is 0 Å². The fourth-order valence-corrected chi connectivity index (χ4v) is 4.55. The van der Waals surface area contributed by atoms with Crippen LogP contribution in [0.5, 0.6) is 0 Å². The summed E-state index contributed by atoms with van der Waals surface area (Å²) in [4.78, 5) is 12.1. The Balaban J connectivity index is 2.43. The van der Waals surface area contributed by atoms with Crippen LogP contribution in [0.25, 0.3) is 0 Å². The molecule has 0 spiro atoms. The van der Waals surface area contributed by atoms with Crippen molar-refractivity contribution in [2.24, 2.45) is 0 Å². The smallest absolute Gasteiger partial charge is 0.338 e. The number of allylic oxidation sites excluding steroid dienone is 3. The molecule has 31 heavy (non-hydrogen) atoms.